The first-order valence-electron chi connectivity index (χ1n) is 9.97. The predicted octanol–water partition coefficient (Wildman–Crippen LogP) is 4.67. The minimum absolute atomic E-state index is 0.00178. The fourth-order valence-electron chi connectivity index (χ4n) is 4.72. The van der Waals surface area contributed by atoms with Gasteiger partial charge in [0.2, 0.25) is 5.91 Å². The number of amides is 1. The summed E-state index contributed by atoms with van der Waals surface area (Å²) in [6.45, 7) is 6.36. The number of carbonyl (C=O) groups is 1. The summed E-state index contributed by atoms with van der Waals surface area (Å²) in [4.78, 5) is 19.4. The van der Waals surface area contributed by atoms with Crippen molar-refractivity contribution in [2.24, 2.45) is 11.8 Å². The molecule has 0 radical (unpaired) electrons. The van der Waals surface area contributed by atoms with Gasteiger partial charge in [0.15, 0.2) is 0 Å². The van der Waals surface area contributed by atoms with Crippen LogP contribution in [0.3, 0.4) is 0 Å². The van der Waals surface area contributed by atoms with Gasteiger partial charge in [-0.15, -0.1) is 0 Å². The molecule has 1 aliphatic carbocycles. The maximum absolute atomic E-state index is 12.9. The van der Waals surface area contributed by atoms with Crippen LogP contribution in [0.2, 0.25) is 0 Å². The molecule has 3 nitrogen and oxygen atoms in total. The molecule has 2 aromatic rings. The van der Waals surface area contributed by atoms with Crippen LogP contribution >= 0.6 is 0 Å². The van der Waals surface area contributed by atoms with Gasteiger partial charge in [0.1, 0.15) is 0 Å². The lowest BCUT2D eigenvalue weighted by atomic mass is 9.90. The topological polar surface area (TPSA) is 33.2 Å². The molecule has 4 rings (SSSR count). The quantitative estimate of drug-likeness (QED) is 0.681. The van der Waals surface area contributed by atoms with Gasteiger partial charge in [0, 0.05) is 30.3 Å². The van der Waals surface area contributed by atoms with E-state index < -0.39 is 0 Å². The van der Waals surface area contributed by atoms with Gasteiger partial charge in [0.25, 0.3) is 0 Å². The van der Waals surface area contributed by atoms with Gasteiger partial charge in [-0.1, -0.05) is 57.4 Å². The molecule has 2 fully saturated rings. The van der Waals surface area contributed by atoms with Gasteiger partial charge in [0.05, 0.1) is 11.6 Å². The Bertz CT molecular complexity index is 788. The Hall–Kier alpha value is -2.16. The van der Waals surface area contributed by atoms with Crippen molar-refractivity contribution in [3.8, 4) is 11.3 Å². The lowest BCUT2D eigenvalue weighted by Crippen LogP contribution is -2.34. The first-order chi connectivity index (χ1) is 12.7. The first-order valence-corrected chi connectivity index (χ1v) is 9.97. The van der Waals surface area contributed by atoms with E-state index in [1.807, 2.05) is 24.4 Å². The number of carbonyl (C=O) groups excluding carboxylic acids is 1. The third-order valence-corrected chi connectivity index (χ3v) is 6.43. The summed E-state index contributed by atoms with van der Waals surface area (Å²) >= 11 is 0. The number of nitrogens with zero attached hydrogens (tertiary/aromatic N) is 2. The van der Waals surface area contributed by atoms with Crippen molar-refractivity contribution in [3.63, 3.8) is 0 Å². The molecule has 1 aromatic heterocycles. The number of rotatable bonds is 7. The largest absolute Gasteiger partial charge is 0.342 e. The fourth-order valence-corrected chi connectivity index (χ4v) is 4.72. The zero-order valence-corrected chi connectivity index (χ0v) is 15.8. The number of piperidine rings is 1. The number of pyridine rings is 1. The molecule has 1 saturated carbocycles. The van der Waals surface area contributed by atoms with Crippen LogP contribution in [0.25, 0.3) is 11.3 Å². The lowest BCUT2D eigenvalue weighted by molar-refractivity contribution is -0.130. The Morgan fingerprint density at radius 1 is 1.15 bits per heavy atom. The summed E-state index contributed by atoms with van der Waals surface area (Å²) in [7, 11) is 0. The Morgan fingerprint density at radius 2 is 2.04 bits per heavy atom. The van der Waals surface area contributed by atoms with Crippen molar-refractivity contribution >= 4 is 5.91 Å². The molecule has 0 spiro atoms. The minimum Gasteiger partial charge on any atom is -0.342 e. The van der Waals surface area contributed by atoms with Gasteiger partial charge < -0.3 is 4.90 Å². The molecule has 3 atom stereocenters. The molecule has 0 bridgehead atoms. The Balaban J connectivity index is 1.47. The van der Waals surface area contributed by atoms with E-state index in [1.165, 1.54) is 24.8 Å². The summed E-state index contributed by atoms with van der Waals surface area (Å²) in [6.07, 6.45) is 6.72. The van der Waals surface area contributed by atoms with Crippen LogP contribution in [0.4, 0.5) is 0 Å². The van der Waals surface area contributed by atoms with Crippen molar-refractivity contribution in [1.82, 2.24) is 9.88 Å². The number of unbranched alkanes of at least 4 members (excludes halogenated alkanes) is 3. The summed E-state index contributed by atoms with van der Waals surface area (Å²) in [6, 6.07) is 14.6. The molecule has 3 unspecified atom stereocenters. The number of likely N-dealkylation sites (tertiary alicyclic amines) is 1. The van der Waals surface area contributed by atoms with E-state index in [0.717, 1.165) is 30.8 Å². The number of hydrogen-bond acceptors (Lipinski definition) is 2. The molecule has 3 heteroatoms. The van der Waals surface area contributed by atoms with E-state index in [1.54, 1.807) is 0 Å². The molecule has 1 amide bonds. The van der Waals surface area contributed by atoms with E-state index >= 15 is 0 Å². The highest BCUT2D eigenvalue weighted by Crippen LogP contribution is 2.64. The monoisotopic (exact) mass is 348 g/mol. The smallest absolute Gasteiger partial charge is 0.226 e. The van der Waals surface area contributed by atoms with Crippen LogP contribution in [0.1, 0.15) is 45.1 Å². The van der Waals surface area contributed by atoms with E-state index in [-0.39, 0.29) is 11.3 Å². The van der Waals surface area contributed by atoms with Crippen molar-refractivity contribution in [2.75, 3.05) is 13.1 Å². The molecule has 1 aliphatic heterocycles. The van der Waals surface area contributed by atoms with Gasteiger partial charge in [-0.05, 0) is 36.1 Å². The SMILES string of the molecule is CCCCCCN1CC2C(C1=O)C2(C)c1cccc(-c2ccccn2)c1. The van der Waals surface area contributed by atoms with Crippen molar-refractivity contribution in [1.29, 1.82) is 0 Å². The Labute approximate surface area is 156 Å². The predicted molar refractivity (Wildman–Crippen MR) is 105 cm³/mol. The third kappa shape index (κ3) is 2.84. The van der Waals surface area contributed by atoms with E-state index in [4.69, 9.17) is 0 Å². The van der Waals surface area contributed by atoms with Crippen LogP contribution < -0.4 is 0 Å². The molecular formula is C23H28N2O. The maximum Gasteiger partial charge on any atom is 0.226 e. The summed E-state index contributed by atoms with van der Waals surface area (Å²) in [5, 5.41) is 0. The Morgan fingerprint density at radius 3 is 2.73 bits per heavy atom. The zero-order valence-electron chi connectivity index (χ0n) is 15.8. The normalized spacial score (nSPS) is 26.8. The van der Waals surface area contributed by atoms with E-state index in [2.05, 4.69) is 48.0 Å². The molecule has 2 heterocycles. The maximum atomic E-state index is 12.9. The van der Waals surface area contributed by atoms with Gasteiger partial charge >= 0.3 is 0 Å². The summed E-state index contributed by atoms with van der Waals surface area (Å²) < 4.78 is 0. The Kier molecular flexibility index (Phi) is 4.56. The fraction of sp³-hybridized carbons (Fsp3) is 0.478. The van der Waals surface area contributed by atoms with E-state index in [9.17, 15) is 4.79 Å². The average molecular weight is 348 g/mol. The van der Waals surface area contributed by atoms with Gasteiger partial charge in [-0.2, -0.15) is 0 Å². The van der Waals surface area contributed by atoms with Gasteiger partial charge in [-0.3, -0.25) is 9.78 Å². The molecule has 26 heavy (non-hydrogen) atoms. The highest BCUT2D eigenvalue weighted by Gasteiger charge is 2.70. The second kappa shape index (κ2) is 6.86. The van der Waals surface area contributed by atoms with Crippen LogP contribution in [-0.2, 0) is 10.2 Å². The third-order valence-electron chi connectivity index (χ3n) is 6.43. The van der Waals surface area contributed by atoms with Gasteiger partial charge in [-0.25, -0.2) is 0 Å². The molecule has 136 valence electrons. The van der Waals surface area contributed by atoms with Crippen LogP contribution in [0.5, 0.6) is 0 Å². The minimum atomic E-state index is 0.00178. The van der Waals surface area contributed by atoms with Crippen molar-refractivity contribution in [3.05, 3.63) is 54.2 Å². The van der Waals surface area contributed by atoms with Crippen molar-refractivity contribution < 1.29 is 4.79 Å². The lowest BCUT2D eigenvalue weighted by Gasteiger charge is -2.25. The van der Waals surface area contributed by atoms with Crippen LogP contribution in [0.15, 0.2) is 48.7 Å². The average Bonchev–Trinajstić information content (AvgIpc) is 3.13. The number of fused-ring (bicyclic) bond motifs is 1. The number of hydrogen-bond donors (Lipinski definition) is 0. The van der Waals surface area contributed by atoms with E-state index in [0.29, 0.717) is 11.8 Å². The summed E-state index contributed by atoms with van der Waals surface area (Å²) in [5.41, 5.74) is 3.42. The molecular weight excluding hydrogens is 320 g/mol. The molecule has 0 N–H and O–H groups in total. The zero-order chi connectivity index (χ0) is 18.1. The number of benzene rings is 1. The van der Waals surface area contributed by atoms with Crippen LogP contribution in [0, 0.1) is 11.8 Å². The molecule has 1 saturated heterocycles. The van der Waals surface area contributed by atoms with Crippen LogP contribution in [-0.4, -0.2) is 28.9 Å². The van der Waals surface area contributed by atoms with Crippen molar-refractivity contribution in [2.45, 2.75) is 44.9 Å². The highest BCUT2D eigenvalue weighted by atomic mass is 16.2. The summed E-state index contributed by atoms with van der Waals surface area (Å²) in [5.74, 6) is 1.02. The second-order valence-electron chi connectivity index (χ2n) is 8.01. The first kappa shape index (κ1) is 17.3. The molecule has 2 aliphatic rings. The number of aromatic nitrogens is 1. The second-order valence-corrected chi connectivity index (χ2v) is 8.01. The standard InChI is InChI=1S/C23H28N2O/c1-3-4-5-8-14-25-16-19-21(22(25)26)23(19,2)18-11-9-10-17(15-18)20-12-6-7-13-24-20/h6-7,9-13,15,19,21H,3-5,8,14,16H2,1-2H3. The molecule has 1 aromatic carbocycles. The highest BCUT2D eigenvalue weighted by molar-refractivity contribution is 5.88.